The van der Waals surface area contributed by atoms with Crippen LogP contribution in [0.15, 0.2) is 12.1 Å². The van der Waals surface area contributed by atoms with Crippen molar-refractivity contribution in [2.45, 2.75) is 39.4 Å². The van der Waals surface area contributed by atoms with Crippen molar-refractivity contribution in [3.63, 3.8) is 0 Å². The molecule has 2 nitrogen and oxygen atoms in total. The van der Waals surface area contributed by atoms with E-state index in [4.69, 9.17) is 4.74 Å². The number of hydrogen-bond donors (Lipinski definition) is 1. The van der Waals surface area contributed by atoms with E-state index in [9.17, 15) is 5.11 Å². The number of rotatable bonds is 5. The van der Waals surface area contributed by atoms with Crippen LogP contribution < -0.4 is 0 Å². The monoisotopic (exact) mass is 214 g/mol. The van der Waals surface area contributed by atoms with E-state index in [1.54, 1.807) is 11.3 Å². The maximum atomic E-state index is 10.0. The van der Waals surface area contributed by atoms with E-state index in [1.165, 1.54) is 4.88 Å². The van der Waals surface area contributed by atoms with Crippen LogP contribution in [0.2, 0.25) is 0 Å². The van der Waals surface area contributed by atoms with Crippen LogP contribution in [0.3, 0.4) is 0 Å². The third-order valence-electron chi connectivity index (χ3n) is 2.19. The van der Waals surface area contributed by atoms with E-state index in [2.05, 4.69) is 0 Å². The first-order valence-corrected chi connectivity index (χ1v) is 5.86. The molecule has 0 spiro atoms. The lowest BCUT2D eigenvalue weighted by Crippen LogP contribution is -2.20. The van der Waals surface area contributed by atoms with Crippen LogP contribution in [-0.4, -0.2) is 17.8 Å². The molecule has 1 aromatic rings. The summed E-state index contributed by atoms with van der Waals surface area (Å²) in [7, 11) is 0. The van der Waals surface area contributed by atoms with Crippen molar-refractivity contribution in [2.75, 3.05) is 6.61 Å². The predicted molar refractivity (Wildman–Crippen MR) is 59.7 cm³/mol. The molecule has 3 heteroatoms. The quantitative estimate of drug-likeness (QED) is 0.816. The zero-order valence-electron chi connectivity index (χ0n) is 8.99. The number of aliphatic hydroxyl groups is 1. The summed E-state index contributed by atoms with van der Waals surface area (Å²) in [6.07, 6.45) is 0.295. The van der Waals surface area contributed by atoms with Gasteiger partial charge in [-0.1, -0.05) is 6.92 Å². The second-order valence-electron chi connectivity index (χ2n) is 3.30. The summed E-state index contributed by atoms with van der Waals surface area (Å²) in [5, 5.41) is 10.0. The Labute approximate surface area is 89.5 Å². The van der Waals surface area contributed by atoms with Gasteiger partial charge in [-0.3, -0.25) is 0 Å². The average molecular weight is 214 g/mol. The lowest BCUT2D eigenvalue weighted by atomic mass is 10.1. The SMILES string of the molecule is CCOC(CC)C(O)c1ccc(C)s1. The summed E-state index contributed by atoms with van der Waals surface area (Å²) < 4.78 is 5.47. The maximum Gasteiger partial charge on any atom is 0.114 e. The van der Waals surface area contributed by atoms with Crippen molar-refractivity contribution < 1.29 is 9.84 Å². The van der Waals surface area contributed by atoms with Gasteiger partial charge in [-0.05, 0) is 32.4 Å². The normalized spacial score (nSPS) is 15.4. The number of aliphatic hydroxyl groups excluding tert-OH is 1. The van der Waals surface area contributed by atoms with Gasteiger partial charge in [-0.2, -0.15) is 0 Å². The number of aryl methyl sites for hydroxylation is 1. The van der Waals surface area contributed by atoms with E-state index >= 15 is 0 Å². The van der Waals surface area contributed by atoms with E-state index in [1.807, 2.05) is 32.9 Å². The molecule has 2 atom stereocenters. The molecule has 0 aliphatic heterocycles. The molecule has 1 aromatic heterocycles. The number of hydrogen-bond acceptors (Lipinski definition) is 3. The minimum Gasteiger partial charge on any atom is -0.385 e. The molecule has 0 saturated heterocycles. The Morgan fingerprint density at radius 1 is 1.43 bits per heavy atom. The third-order valence-corrected chi connectivity index (χ3v) is 3.26. The molecule has 1 N–H and O–H groups in total. The minimum absolute atomic E-state index is 0.0713. The largest absolute Gasteiger partial charge is 0.385 e. The van der Waals surface area contributed by atoms with Gasteiger partial charge in [0.2, 0.25) is 0 Å². The summed E-state index contributed by atoms with van der Waals surface area (Å²) in [6, 6.07) is 4.01. The fourth-order valence-corrected chi connectivity index (χ4v) is 2.36. The molecule has 0 saturated carbocycles. The highest BCUT2D eigenvalue weighted by molar-refractivity contribution is 7.12. The van der Waals surface area contributed by atoms with Gasteiger partial charge in [0.1, 0.15) is 6.10 Å². The summed E-state index contributed by atoms with van der Waals surface area (Å²) >= 11 is 1.64. The van der Waals surface area contributed by atoms with Gasteiger partial charge in [0.05, 0.1) is 6.10 Å². The molecule has 0 aliphatic rings. The first kappa shape index (κ1) is 11.7. The van der Waals surface area contributed by atoms with Crippen LogP contribution in [-0.2, 0) is 4.74 Å². The third kappa shape index (κ3) is 2.80. The van der Waals surface area contributed by atoms with Gasteiger partial charge in [-0.15, -0.1) is 11.3 Å². The van der Waals surface area contributed by atoms with E-state index in [-0.39, 0.29) is 6.10 Å². The van der Waals surface area contributed by atoms with Crippen molar-refractivity contribution >= 4 is 11.3 Å². The first-order valence-electron chi connectivity index (χ1n) is 5.05. The fourth-order valence-electron chi connectivity index (χ4n) is 1.44. The Kier molecular flexibility index (Phi) is 4.58. The van der Waals surface area contributed by atoms with E-state index in [0.717, 1.165) is 11.3 Å². The molecule has 0 aliphatic carbocycles. The van der Waals surface area contributed by atoms with Crippen LogP contribution in [0, 0.1) is 6.92 Å². The summed E-state index contributed by atoms with van der Waals surface area (Å²) in [5.74, 6) is 0. The summed E-state index contributed by atoms with van der Waals surface area (Å²) in [4.78, 5) is 2.23. The molecule has 1 rings (SSSR count). The highest BCUT2D eigenvalue weighted by atomic mass is 32.1. The highest BCUT2D eigenvalue weighted by Crippen LogP contribution is 2.27. The molecule has 0 radical (unpaired) electrons. The van der Waals surface area contributed by atoms with Gasteiger partial charge in [-0.25, -0.2) is 0 Å². The first-order chi connectivity index (χ1) is 6.69. The standard InChI is InChI=1S/C11H18O2S/c1-4-9(13-5-2)11(12)10-7-6-8(3)14-10/h6-7,9,11-12H,4-5H2,1-3H3. The van der Waals surface area contributed by atoms with Crippen LogP contribution in [0.25, 0.3) is 0 Å². The lowest BCUT2D eigenvalue weighted by Gasteiger charge is -2.20. The van der Waals surface area contributed by atoms with Crippen molar-refractivity contribution in [3.8, 4) is 0 Å². The molecule has 2 unspecified atom stereocenters. The van der Waals surface area contributed by atoms with Crippen molar-refractivity contribution in [2.24, 2.45) is 0 Å². The Bertz CT molecular complexity index is 270. The predicted octanol–water partition coefficient (Wildman–Crippen LogP) is 2.91. The molecule has 1 heterocycles. The minimum atomic E-state index is -0.473. The second-order valence-corrected chi connectivity index (χ2v) is 4.61. The van der Waals surface area contributed by atoms with Crippen LogP contribution in [0.4, 0.5) is 0 Å². The second kappa shape index (κ2) is 5.49. The molecule has 0 bridgehead atoms. The molecular formula is C11H18O2S. The molecule has 0 aromatic carbocycles. The molecule has 14 heavy (non-hydrogen) atoms. The smallest absolute Gasteiger partial charge is 0.114 e. The fraction of sp³-hybridized carbons (Fsp3) is 0.636. The Balaban J connectivity index is 2.66. The lowest BCUT2D eigenvalue weighted by molar-refractivity contribution is -0.0340. The van der Waals surface area contributed by atoms with Gasteiger partial charge in [0.25, 0.3) is 0 Å². The maximum absolute atomic E-state index is 10.0. The Morgan fingerprint density at radius 2 is 2.14 bits per heavy atom. The van der Waals surface area contributed by atoms with Gasteiger partial charge in [0, 0.05) is 16.4 Å². The summed E-state index contributed by atoms with van der Waals surface area (Å²) in [6.45, 7) is 6.68. The summed E-state index contributed by atoms with van der Waals surface area (Å²) in [5.41, 5.74) is 0. The van der Waals surface area contributed by atoms with Gasteiger partial charge >= 0.3 is 0 Å². The Morgan fingerprint density at radius 3 is 2.57 bits per heavy atom. The van der Waals surface area contributed by atoms with Crippen LogP contribution in [0.1, 0.15) is 36.1 Å². The molecule has 0 fully saturated rings. The van der Waals surface area contributed by atoms with Crippen molar-refractivity contribution in [1.29, 1.82) is 0 Å². The number of thiophene rings is 1. The van der Waals surface area contributed by atoms with Crippen LogP contribution in [0.5, 0.6) is 0 Å². The number of ether oxygens (including phenoxy) is 1. The zero-order chi connectivity index (χ0) is 10.6. The zero-order valence-corrected chi connectivity index (χ0v) is 9.80. The molecule has 80 valence electrons. The topological polar surface area (TPSA) is 29.5 Å². The van der Waals surface area contributed by atoms with Crippen molar-refractivity contribution in [3.05, 3.63) is 21.9 Å². The Hall–Kier alpha value is -0.380. The van der Waals surface area contributed by atoms with Gasteiger partial charge in [0.15, 0.2) is 0 Å². The highest BCUT2D eigenvalue weighted by Gasteiger charge is 2.20. The van der Waals surface area contributed by atoms with Gasteiger partial charge < -0.3 is 9.84 Å². The van der Waals surface area contributed by atoms with E-state index in [0.29, 0.717) is 6.61 Å². The molecular weight excluding hydrogens is 196 g/mol. The molecule has 0 amide bonds. The van der Waals surface area contributed by atoms with E-state index < -0.39 is 6.10 Å². The average Bonchev–Trinajstić information content (AvgIpc) is 2.60. The van der Waals surface area contributed by atoms with Crippen molar-refractivity contribution in [1.82, 2.24) is 0 Å². The van der Waals surface area contributed by atoms with Crippen LogP contribution >= 0.6 is 11.3 Å².